The Morgan fingerprint density at radius 2 is 2.09 bits per heavy atom. The van der Waals surface area contributed by atoms with Crippen LogP contribution in [-0.4, -0.2) is 17.6 Å². The maximum Gasteiger partial charge on any atom is 0.306 e. The summed E-state index contributed by atoms with van der Waals surface area (Å²) >= 11 is 6.06. The van der Waals surface area contributed by atoms with E-state index >= 15 is 0 Å². The van der Waals surface area contributed by atoms with Gasteiger partial charge in [-0.1, -0.05) is 30.9 Å². The third kappa shape index (κ3) is 4.51. The zero-order chi connectivity index (χ0) is 16.1. The second-order valence-corrected chi connectivity index (χ2v) is 6.97. The molecule has 0 saturated heterocycles. The number of ether oxygens (including phenoxy) is 1. The van der Waals surface area contributed by atoms with Gasteiger partial charge in [-0.25, -0.2) is 0 Å². The lowest BCUT2D eigenvalue weighted by molar-refractivity contribution is -0.145. The van der Waals surface area contributed by atoms with Crippen molar-refractivity contribution in [1.82, 2.24) is 4.98 Å². The van der Waals surface area contributed by atoms with Crippen molar-refractivity contribution in [1.29, 1.82) is 0 Å². The highest BCUT2D eigenvalue weighted by Crippen LogP contribution is 2.26. The molecule has 1 N–H and O–H groups in total. The van der Waals surface area contributed by atoms with E-state index in [1.54, 1.807) is 0 Å². The quantitative estimate of drug-likeness (QED) is 0.578. The fourth-order valence-electron chi connectivity index (χ4n) is 3.49. The van der Waals surface area contributed by atoms with Gasteiger partial charge in [0.05, 0.1) is 6.61 Å². The summed E-state index contributed by atoms with van der Waals surface area (Å²) in [5.41, 5.74) is 2.32. The smallest absolute Gasteiger partial charge is 0.306 e. The summed E-state index contributed by atoms with van der Waals surface area (Å²) in [5.74, 6) is 0.519. The van der Waals surface area contributed by atoms with Crippen molar-refractivity contribution < 1.29 is 9.53 Å². The summed E-state index contributed by atoms with van der Waals surface area (Å²) < 4.78 is 5.40. The largest absolute Gasteiger partial charge is 0.466 e. The van der Waals surface area contributed by atoms with E-state index in [4.69, 9.17) is 16.3 Å². The van der Waals surface area contributed by atoms with E-state index in [1.807, 2.05) is 24.4 Å². The molecular formula is C19H24ClNO2. The molecule has 23 heavy (non-hydrogen) atoms. The van der Waals surface area contributed by atoms with Crippen LogP contribution in [0.4, 0.5) is 0 Å². The third-order valence-corrected chi connectivity index (χ3v) is 5.00. The highest BCUT2D eigenvalue weighted by molar-refractivity contribution is 6.31. The molecule has 3 rings (SSSR count). The minimum absolute atomic E-state index is 0.0288. The summed E-state index contributed by atoms with van der Waals surface area (Å²) in [6.07, 6.45) is 10.6. The molecule has 0 spiro atoms. The molecule has 1 aliphatic carbocycles. The van der Waals surface area contributed by atoms with Crippen LogP contribution in [0.25, 0.3) is 10.9 Å². The third-order valence-electron chi connectivity index (χ3n) is 4.76. The number of hydrogen-bond acceptors (Lipinski definition) is 2. The summed E-state index contributed by atoms with van der Waals surface area (Å²) in [5, 5.41) is 1.91. The van der Waals surface area contributed by atoms with E-state index in [0.29, 0.717) is 18.9 Å². The van der Waals surface area contributed by atoms with Crippen LogP contribution in [0.5, 0.6) is 0 Å². The normalized spacial score (nSPS) is 15.9. The Morgan fingerprint density at radius 3 is 2.91 bits per heavy atom. The number of nitrogens with one attached hydrogen (secondary N) is 1. The van der Waals surface area contributed by atoms with Crippen LogP contribution in [-0.2, 0) is 16.0 Å². The maximum absolute atomic E-state index is 11.9. The number of esters is 1. The van der Waals surface area contributed by atoms with Gasteiger partial charge < -0.3 is 9.72 Å². The minimum atomic E-state index is -0.0288. The van der Waals surface area contributed by atoms with Gasteiger partial charge in [-0.2, -0.15) is 0 Å². The molecule has 1 aromatic heterocycles. The van der Waals surface area contributed by atoms with E-state index in [1.165, 1.54) is 37.7 Å². The Hall–Kier alpha value is -1.48. The number of halogens is 1. The summed E-state index contributed by atoms with van der Waals surface area (Å²) in [6.45, 7) is 0.499. The van der Waals surface area contributed by atoms with Crippen LogP contribution < -0.4 is 0 Å². The van der Waals surface area contributed by atoms with E-state index in [0.717, 1.165) is 28.8 Å². The van der Waals surface area contributed by atoms with Gasteiger partial charge in [0.1, 0.15) is 0 Å². The topological polar surface area (TPSA) is 42.1 Å². The number of carbonyl (C=O) groups is 1. The molecule has 0 amide bonds. The second kappa shape index (κ2) is 7.87. The van der Waals surface area contributed by atoms with E-state index < -0.39 is 0 Å². The van der Waals surface area contributed by atoms with Crippen LogP contribution in [0, 0.1) is 5.92 Å². The Balaban J connectivity index is 1.42. The van der Waals surface area contributed by atoms with Crippen LogP contribution >= 0.6 is 11.6 Å². The SMILES string of the molecule is O=C(CC1CCCCC1)OCCCc1c[nH]c2ccc(Cl)cc12. The van der Waals surface area contributed by atoms with Gasteiger partial charge in [0, 0.05) is 28.5 Å². The molecule has 1 aromatic carbocycles. The molecule has 0 bridgehead atoms. The molecule has 0 unspecified atom stereocenters. The molecule has 2 aromatic rings. The van der Waals surface area contributed by atoms with Gasteiger partial charge in [-0.3, -0.25) is 4.79 Å². The van der Waals surface area contributed by atoms with Crippen LogP contribution in [0.15, 0.2) is 24.4 Å². The molecule has 1 fully saturated rings. The molecule has 124 valence electrons. The lowest BCUT2D eigenvalue weighted by Crippen LogP contribution is -2.15. The number of rotatable bonds is 6. The Morgan fingerprint density at radius 1 is 1.26 bits per heavy atom. The number of carbonyl (C=O) groups excluding carboxylic acids is 1. The van der Waals surface area contributed by atoms with Crippen LogP contribution in [0.2, 0.25) is 5.02 Å². The molecular weight excluding hydrogens is 310 g/mol. The van der Waals surface area contributed by atoms with E-state index in [-0.39, 0.29) is 5.97 Å². The molecule has 3 nitrogen and oxygen atoms in total. The molecule has 1 aliphatic rings. The predicted octanol–water partition coefficient (Wildman–Crippen LogP) is 5.27. The van der Waals surface area contributed by atoms with Gasteiger partial charge in [-0.05, 0) is 55.4 Å². The monoisotopic (exact) mass is 333 g/mol. The second-order valence-electron chi connectivity index (χ2n) is 6.54. The summed E-state index contributed by atoms with van der Waals surface area (Å²) in [7, 11) is 0. The van der Waals surface area contributed by atoms with Crippen molar-refractivity contribution in [3.63, 3.8) is 0 Å². The molecule has 1 saturated carbocycles. The molecule has 0 atom stereocenters. The number of hydrogen-bond donors (Lipinski definition) is 1. The highest BCUT2D eigenvalue weighted by atomic mass is 35.5. The molecule has 1 heterocycles. The van der Waals surface area contributed by atoms with Crippen LogP contribution in [0.3, 0.4) is 0 Å². The molecule has 0 aliphatic heterocycles. The first-order valence-electron chi connectivity index (χ1n) is 8.63. The molecule has 4 heteroatoms. The summed E-state index contributed by atoms with van der Waals surface area (Å²) in [4.78, 5) is 15.1. The van der Waals surface area contributed by atoms with Crippen molar-refractivity contribution in [3.05, 3.63) is 35.0 Å². The summed E-state index contributed by atoms with van der Waals surface area (Å²) in [6, 6.07) is 5.86. The number of H-pyrrole nitrogens is 1. The fraction of sp³-hybridized carbons (Fsp3) is 0.526. The van der Waals surface area contributed by atoms with Crippen LogP contribution in [0.1, 0.15) is 50.5 Å². The van der Waals surface area contributed by atoms with Gasteiger partial charge >= 0.3 is 5.97 Å². The Bertz CT molecular complexity index is 658. The molecule has 0 radical (unpaired) electrons. The lowest BCUT2D eigenvalue weighted by atomic mass is 9.87. The Kier molecular flexibility index (Phi) is 5.60. The number of benzene rings is 1. The van der Waals surface area contributed by atoms with Crippen molar-refractivity contribution >= 4 is 28.5 Å². The van der Waals surface area contributed by atoms with Crippen molar-refractivity contribution in [2.24, 2.45) is 5.92 Å². The van der Waals surface area contributed by atoms with Crippen molar-refractivity contribution in [2.45, 2.75) is 51.4 Å². The first-order valence-corrected chi connectivity index (χ1v) is 9.01. The van der Waals surface area contributed by atoms with Gasteiger partial charge in [-0.15, -0.1) is 0 Å². The average molecular weight is 334 g/mol. The fourth-order valence-corrected chi connectivity index (χ4v) is 3.66. The predicted molar refractivity (Wildman–Crippen MR) is 93.8 cm³/mol. The first kappa shape index (κ1) is 16.4. The highest BCUT2D eigenvalue weighted by Gasteiger charge is 2.17. The van der Waals surface area contributed by atoms with E-state index in [2.05, 4.69) is 4.98 Å². The zero-order valence-electron chi connectivity index (χ0n) is 13.4. The Labute approximate surface area is 142 Å². The van der Waals surface area contributed by atoms with Gasteiger partial charge in [0.15, 0.2) is 0 Å². The standard InChI is InChI=1S/C19H24ClNO2/c20-16-8-9-18-17(12-16)15(13-21-18)7-4-10-23-19(22)11-14-5-2-1-3-6-14/h8-9,12-14,21H,1-7,10-11H2. The minimum Gasteiger partial charge on any atom is -0.466 e. The number of aromatic amines is 1. The van der Waals surface area contributed by atoms with Crippen molar-refractivity contribution in [3.8, 4) is 0 Å². The first-order chi connectivity index (χ1) is 11.2. The average Bonchev–Trinajstić information content (AvgIpc) is 2.95. The van der Waals surface area contributed by atoms with E-state index in [9.17, 15) is 4.79 Å². The maximum atomic E-state index is 11.9. The van der Waals surface area contributed by atoms with Gasteiger partial charge in [0.25, 0.3) is 0 Å². The number of fused-ring (bicyclic) bond motifs is 1. The van der Waals surface area contributed by atoms with Crippen molar-refractivity contribution in [2.75, 3.05) is 6.61 Å². The lowest BCUT2D eigenvalue weighted by Gasteiger charge is -2.20. The zero-order valence-corrected chi connectivity index (χ0v) is 14.2. The van der Waals surface area contributed by atoms with Gasteiger partial charge in [0.2, 0.25) is 0 Å². The number of aromatic nitrogens is 1. The number of aryl methyl sites for hydroxylation is 1.